The number of rotatable bonds is 4. The van der Waals surface area contributed by atoms with Crippen molar-refractivity contribution in [2.75, 3.05) is 5.32 Å². The van der Waals surface area contributed by atoms with Crippen molar-refractivity contribution in [2.45, 2.75) is 6.42 Å². The molecule has 1 amide bonds. The Labute approximate surface area is 167 Å². The predicted octanol–water partition coefficient (Wildman–Crippen LogP) is 5.83. The molecule has 0 saturated heterocycles. The molecule has 0 bridgehead atoms. The summed E-state index contributed by atoms with van der Waals surface area (Å²) in [6.45, 7) is 0. The van der Waals surface area contributed by atoms with Crippen molar-refractivity contribution in [3.63, 3.8) is 0 Å². The second-order valence-corrected chi connectivity index (χ2v) is 6.97. The van der Waals surface area contributed by atoms with Crippen molar-refractivity contribution < 1.29 is 9.21 Å². The number of aromatic nitrogens is 1. The second kappa shape index (κ2) is 7.24. The molecule has 0 aliphatic heterocycles. The maximum Gasteiger partial charge on any atom is 0.228 e. The lowest BCUT2D eigenvalue weighted by Gasteiger charge is -2.04. The Kier molecular flexibility index (Phi) is 4.30. The molecule has 0 unspecified atom stereocenters. The number of fused-ring (bicyclic) bond motifs is 2. The summed E-state index contributed by atoms with van der Waals surface area (Å²) in [5.74, 6) is 0.507. The number of oxazole rings is 1. The highest BCUT2D eigenvalue weighted by Gasteiger charge is 2.11. The van der Waals surface area contributed by atoms with Gasteiger partial charge in [-0.25, -0.2) is 4.98 Å². The molecule has 0 spiro atoms. The molecule has 1 heterocycles. The standard InChI is InChI=1S/C25H18N2O2/c28-24(14-17-6-2-1-3-7-17)26-21-12-13-23-22(16-21)27-25(29-23)20-11-10-18-8-4-5-9-19(18)15-20/h1-13,15-16H,14H2,(H,26,28). The van der Waals surface area contributed by atoms with E-state index >= 15 is 0 Å². The summed E-state index contributed by atoms with van der Waals surface area (Å²) in [4.78, 5) is 16.9. The number of carbonyl (C=O) groups excluding carboxylic acids is 1. The molecule has 0 aliphatic carbocycles. The lowest BCUT2D eigenvalue weighted by molar-refractivity contribution is -0.115. The summed E-state index contributed by atoms with van der Waals surface area (Å²) in [5.41, 5.74) is 4.01. The van der Waals surface area contributed by atoms with E-state index in [2.05, 4.69) is 34.6 Å². The van der Waals surface area contributed by atoms with Crippen LogP contribution in [0.1, 0.15) is 5.56 Å². The highest BCUT2D eigenvalue weighted by Crippen LogP contribution is 2.28. The molecule has 0 atom stereocenters. The van der Waals surface area contributed by atoms with Gasteiger partial charge in [0.25, 0.3) is 0 Å². The number of anilines is 1. The summed E-state index contributed by atoms with van der Waals surface area (Å²) in [6, 6.07) is 29.5. The Morgan fingerprint density at radius 2 is 1.62 bits per heavy atom. The minimum Gasteiger partial charge on any atom is -0.436 e. The van der Waals surface area contributed by atoms with E-state index in [1.165, 1.54) is 5.39 Å². The Balaban J connectivity index is 1.40. The van der Waals surface area contributed by atoms with E-state index in [0.29, 0.717) is 29.1 Å². The highest BCUT2D eigenvalue weighted by atomic mass is 16.3. The van der Waals surface area contributed by atoms with Crippen molar-refractivity contribution >= 4 is 33.5 Å². The van der Waals surface area contributed by atoms with E-state index in [9.17, 15) is 4.79 Å². The van der Waals surface area contributed by atoms with Crippen molar-refractivity contribution in [2.24, 2.45) is 0 Å². The Bertz CT molecular complexity index is 1320. The zero-order valence-electron chi connectivity index (χ0n) is 15.6. The molecule has 5 rings (SSSR count). The van der Waals surface area contributed by atoms with Gasteiger partial charge < -0.3 is 9.73 Å². The number of amides is 1. The largest absolute Gasteiger partial charge is 0.436 e. The predicted molar refractivity (Wildman–Crippen MR) is 116 cm³/mol. The molecule has 0 radical (unpaired) electrons. The van der Waals surface area contributed by atoms with Gasteiger partial charge in [0, 0.05) is 11.3 Å². The van der Waals surface area contributed by atoms with E-state index in [1.54, 1.807) is 0 Å². The maximum atomic E-state index is 12.3. The zero-order valence-corrected chi connectivity index (χ0v) is 15.6. The summed E-state index contributed by atoms with van der Waals surface area (Å²) >= 11 is 0. The first-order valence-corrected chi connectivity index (χ1v) is 9.48. The van der Waals surface area contributed by atoms with Crippen LogP contribution in [0.2, 0.25) is 0 Å². The summed E-state index contributed by atoms with van der Waals surface area (Å²) in [6.07, 6.45) is 0.333. The fourth-order valence-electron chi connectivity index (χ4n) is 3.44. The van der Waals surface area contributed by atoms with E-state index in [-0.39, 0.29) is 5.91 Å². The summed E-state index contributed by atoms with van der Waals surface area (Å²) in [5, 5.41) is 5.25. The quantitative estimate of drug-likeness (QED) is 0.428. The number of nitrogens with one attached hydrogen (secondary N) is 1. The smallest absolute Gasteiger partial charge is 0.228 e. The van der Waals surface area contributed by atoms with Gasteiger partial charge in [-0.05, 0) is 46.7 Å². The minimum atomic E-state index is -0.0613. The van der Waals surface area contributed by atoms with Gasteiger partial charge >= 0.3 is 0 Å². The van der Waals surface area contributed by atoms with Crippen LogP contribution in [0.4, 0.5) is 5.69 Å². The molecule has 0 saturated carbocycles. The SMILES string of the molecule is O=C(Cc1ccccc1)Nc1ccc2oc(-c3ccc4ccccc4c3)nc2c1. The number of hydrogen-bond donors (Lipinski definition) is 1. The number of hydrogen-bond acceptors (Lipinski definition) is 3. The third-order valence-corrected chi connectivity index (χ3v) is 4.88. The molecule has 0 aliphatic rings. The van der Waals surface area contributed by atoms with Crippen molar-refractivity contribution in [3.05, 3.63) is 96.6 Å². The first kappa shape index (κ1) is 17.2. The van der Waals surface area contributed by atoms with Gasteiger partial charge in [0.05, 0.1) is 6.42 Å². The van der Waals surface area contributed by atoms with Crippen LogP contribution in [-0.4, -0.2) is 10.9 Å². The topological polar surface area (TPSA) is 55.1 Å². The van der Waals surface area contributed by atoms with Crippen molar-refractivity contribution in [1.29, 1.82) is 0 Å². The van der Waals surface area contributed by atoms with Gasteiger partial charge in [0.1, 0.15) is 5.52 Å². The average molecular weight is 378 g/mol. The molecule has 140 valence electrons. The summed E-state index contributed by atoms with van der Waals surface area (Å²) < 4.78 is 5.93. The monoisotopic (exact) mass is 378 g/mol. The maximum absolute atomic E-state index is 12.3. The van der Waals surface area contributed by atoms with Crippen LogP contribution in [0.25, 0.3) is 33.3 Å². The van der Waals surface area contributed by atoms with Crippen LogP contribution >= 0.6 is 0 Å². The normalized spacial score (nSPS) is 11.0. The first-order valence-electron chi connectivity index (χ1n) is 9.48. The second-order valence-electron chi connectivity index (χ2n) is 6.97. The molecule has 29 heavy (non-hydrogen) atoms. The fraction of sp³-hybridized carbons (Fsp3) is 0.0400. The number of benzene rings is 4. The first-order chi connectivity index (χ1) is 14.2. The molecular formula is C25H18N2O2. The van der Waals surface area contributed by atoms with E-state index in [4.69, 9.17) is 4.42 Å². The Morgan fingerprint density at radius 3 is 2.48 bits per heavy atom. The molecule has 1 N–H and O–H groups in total. The van der Waals surface area contributed by atoms with Crippen LogP contribution in [0.3, 0.4) is 0 Å². The lowest BCUT2D eigenvalue weighted by Crippen LogP contribution is -2.14. The molecule has 4 heteroatoms. The highest BCUT2D eigenvalue weighted by molar-refractivity contribution is 5.94. The number of carbonyl (C=O) groups is 1. The average Bonchev–Trinajstić information content (AvgIpc) is 3.17. The molecule has 0 fully saturated rings. The van der Waals surface area contributed by atoms with Crippen LogP contribution in [0.5, 0.6) is 0 Å². The van der Waals surface area contributed by atoms with Gasteiger partial charge in [-0.2, -0.15) is 0 Å². The lowest BCUT2D eigenvalue weighted by atomic mass is 10.1. The van der Waals surface area contributed by atoms with Crippen LogP contribution in [0.15, 0.2) is 95.4 Å². The van der Waals surface area contributed by atoms with Crippen LogP contribution in [-0.2, 0) is 11.2 Å². The summed E-state index contributed by atoms with van der Waals surface area (Å²) in [7, 11) is 0. The van der Waals surface area contributed by atoms with Crippen LogP contribution in [0, 0.1) is 0 Å². The van der Waals surface area contributed by atoms with Gasteiger partial charge in [-0.3, -0.25) is 4.79 Å². The third-order valence-electron chi connectivity index (χ3n) is 4.88. The van der Waals surface area contributed by atoms with Crippen molar-refractivity contribution in [1.82, 2.24) is 4.98 Å². The molecule has 4 aromatic carbocycles. The van der Waals surface area contributed by atoms with Gasteiger partial charge in [-0.15, -0.1) is 0 Å². The third kappa shape index (κ3) is 3.60. The van der Waals surface area contributed by atoms with E-state index in [0.717, 1.165) is 16.5 Å². The fourth-order valence-corrected chi connectivity index (χ4v) is 3.44. The van der Waals surface area contributed by atoms with E-state index < -0.39 is 0 Å². The molecule has 5 aromatic rings. The van der Waals surface area contributed by atoms with Crippen molar-refractivity contribution in [3.8, 4) is 11.5 Å². The molecule has 1 aromatic heterocycles. The van der Waals surface area contributed by atoms with Gasteiger partial charge in [0.15, 0.2) is 5.58 Å². The Morgan fingerprint density at radius 1 is 0.828 bits per heavy atom. The zero-order chi connectivity index (χ0) is 19.6. The molecule has 4 nitrogen and oxygen atoms in total. The minimum absolute atomic E-state index is 0.0613. The van der Waals surface area contributed by atoms with Gasteiger partial charge in [-0.1, -0.05) is 60.7 Å². The van der Waals surface area contributed by atoms with E-state index in [1.807, 2.05) is 66.7 Å². The number of nitrogens with zero attached hydrogens (tertiary/aromatic N) is 1. The van der Waals surface area contributed by atoms with Crippen LogP contribution < -0.4 is 5.32 Å². The molecular weight excluding hydrogens is 360 g/mol. The Hall–Kier alpha value is -3.92. The van der Waals surface area contributed by atoms with Gasteiger partial charge in [0.2, 0.25) is 11.8 Å².